The SMILES string of the molecule is CN(CCCc1cc(-c2ccc(F)cc2)n[nH]1)C(=O)CS(=O)(=O)Cc1ccc(C#N)cc1. The van der Waals surface area contributed by atoms with E-state index in [1.807, 2.05) is 12.1 Å². The van der Waals surface area contributed by atoms with Crippen molar-refractivity contribution >= 4 is 15.7 Å². The van der Waals surface area contributed by atoms with Crippen LogP contribution < -0.4 is 0 Å². The Balaban J connectivity index is 1.47. The Bertz CT molecular complexity index is 1210. The maximum atomic E-state index is 13.0. The van der Waals surface area contributed by atoms with Crippen LogP contribution in [0.2, 0.25) is 0 Å². The minimum absolute atomic E-state index is 0.251. The highest BCUT2D eigenvalue weighted by atomic mass is 32.2. The Morgan fingerprint density at radius 2 is 1.84 bits per heavy atom. The molecule has 9 heteroatoms. The number of benzene rings is 2. The van der Waals surface area contributed by atoms with Crippen LogP contribution in [0.15, 0.2) is 54.6 Å². The number of rotatable bonds is 9. The Labute approximate surface area is 186 Å². The van der Waals surface area contributed by atoms with E-state index < -0.39 is 21.5 Å². The number of sulfone groups is 1. The number of amides is 1. The molecule has 0 radical (unpaired) electrons. The summed E-state index contributed by atoms with van der Waals surface area (Å²) in [4.78, 5) is 13.8. The molecule has 3 aromatic rings. The van der Waals surface area contributed by atoms with Crippen LogP contribution in [0.25, 0.3) is 11.3 Å². The summed E-state index contributed by atoms with van der Waals surface area (Å²) in [7, 11) is -2.04. The molecule has 1 heterocycles. The maximum Gasteiger partial charge on any atom is 0.237 e. The Kier molecular flexibility index (Phi) is 7.38. The van der Waals surface area contributed by atoms with Crippen LogP contribution in [-0.4, -0.2) is 48.8 Å². The number of aromatic amines is 1. The smallest absolute Gasteiger partial charge is 0.237 e. The first-order valence-corrected chi connectivity index (χ1v) is 11.8. The minimum atomic E-state index is -3.62. The van der Waals surface area contributed by atoms with Crippen molar-refractivity contribution in [2.75, 3.05) is 19.3 Å². The van der Waals surface area contributed by atoms with Crippen molar-refractivity contribution in [2.45, 2.75) is 18.6 Å². The maximum absolute atomic E-state index is 13.0. The monoisotopic (exact) mass is 454 g/mol. The highest BCUT2D eigenvalue weighted by Gasteiger charge is 2.20. The number of carbonyl (C=O) groups is 1. The molecular weight excluding hydrogens is 431 g/mol. The number of nitrogens with zero attached hydrogens (tertiary/aromatic N) is 3. The first-order chi connectivity index (χ1) is 15.3. The molecule has 0 saturated carbocycles. The fraction of sp³-hybridized carbons (Fsp3) is 0.261. The number of H-pyrrole nitrogens is 1. The largest absolute Gasteiger partial charge is 0.345 e. The van der Waals surface area contributed by atoms with Crippen molar-refractivity contribution in [1.82, 2.24) is 15.1 Å². The van der Waals surface area contributed by atoms with Gasteiger partial charge < -0.3 is 4.90 Å². The van der Waals surface area contributed by atoms with E-state index in [9.17, 15) is 17.6 Å². The van der Waals surface area contributed by atoms with E-state index in [-0.39, 0.29) is 11.6 Å². The standard InChI is InChI=1S/C23H23FN4O3S/c1-28(23(29)16-32(30,31)15-18-6-4-17(14-25)5-7-18)12-2-3-21-13-22(27-26-21)19-8-10-20(24)11-9-19/h4-11,13H,2-3,12,15-16H2,1H3,(H,26,27). The van der Waals surface area contributed by atoms with E-state index in [0.29, 0.717) is 36.2 Å². The van der Waals surface area contributed by atoms with Gasteiger partial charge in [-0.05, 0) is 60.9 Å². The third-order valence-electron chi connectivity index (χ3n) is 4.95. The van der Waals surface area contributed by atoms with Crippen molar-refractivity contribution in [2.24, 2.45) is 0 Å². The molecule has 0 bridgehead atoms. The van der Waals surface area contributed by atoms with E-state index in [2.05, 4.69) is 10.2 Å². The third-order valence-corrected chi connectivity index (χ3v) is 6.41. The first-order valence-electron chi connectivity index (χ1n) is 9.99. The van der Waals surface area contributed by atoms with Gasteiger partial charge in [-0.15, -0.1) is 0 Å². The summed E-state index contributed by atoms with van der Waals surface area (Å²) >= 11 is 0. The summed E-state index contributed by atoms with van der Waals surface area (Å²) in [6.45, 7) is 0.399. The van der Waals surface area contributed by atoms with Crippen LogP contribution >= 0.6 is 0 Å². The molecule has 0 aliphatic heterocycles. The van der Waals surface area contributed by atoms with Gasteiger partial charge in [0, 0.05) is 24.8 Å². The molecule has 2 aromatic carbocycles. The molecule has 0 aliphatic rings. The molecular formula is C23H23FN4O3S. The van der Waals surface area contributed by atoms with Crippen LogP contribution in [0.1, 0.15) is 23.2 Å². The fourth-order valence-corrected chi connectivity index (χ4v) is 4.57. The van der Waals surface area contributed by atoms with Crippen LogP contribution in [0.5, 0.6) is 0 Å². The van der Waals surface area contributed by atoms with E-state index in [0.717, 1.165) is 11.3 Å². The summed E-state index contributed by atoms with van der Waals surface area (Å²) in [5, 5.41) is 16.0. The predicted octanol–water partition coefficient (Wildman–Crippen LogP) is 3.09. The van der Waals surface area contributed by atoms with Gasteiger partial charge >= 0.3 is 0 Å². The van der Waals surface area contributed by atoms with Crippen LogP contribution in [0.3, 0.4) is 0 Å². The van der Waals surface area contributed by atoms with Crippen molar-refractivity contribution in [1.29, 1.82) is 5.26 Å². The molecule has 166 valence electrons. The van der Waals surface area contributed by atoms with E-state index in [1.165, 1.54) is 17.0 Å². The van der Waals surface area contributed by atoms with Gasteiger partial charge in [0.2, 0.25) is 5.91 Å². The number of hydrogen-bond acceptors (Lipinski definition) is 5. The van der Waals surface area contributed by atoms with Gasteiger partial charge in [0.25, 0.3) is 0 Å². The van der Waals surface area contributed by atoms with E-state index in [1.54, 1.807) is 43.4 Å². The second-order valence-electron chi connectivity index (χ2n) is 7.55. The Morgan fingerprint density at radius 3 is 2.50 bits per heavy atom. The molecule has 3 rings (SSSR count). The number of nitrogens with one attached hydrogen (secondary N) is 1. The molecule has 0 unspecified atom stereocenters. The summed E-state index contributed by atoms with van der Waals surface area (Å²) in [6, 6.07) is 16.2. The fourth-order valence-electron chi connectivity index (χ4n) is 3.17. The normalized spacial score (nSPS) is 11.2. The molecule has 1 N–H and O–H groups in total. The number of nitriles is 1. The molecule has 32 heavy (non-hydrogen) atoms. The highest BCUT2D eigenvalue weighted by Crippen LogP contribution is 2.18. The van der Waals surface area contributed by atoms with Crippen molar-refractivity contribution in [3.63, 3.8) is 0 Å². The van der Waals surface area contributed by atoms with Gasteiger partial charge in [-0.3, -0.25) is 9.89 Å². The number of aromatic nitrogens is 2. The second-order valence-corrected chi connectivity index (χ2v) is 9.61. The van der Waals surface area contributed by atoms with Crippen LogP contribution in [0.4, 0.5) is 4.39 Å². The zero-order valence-electron chi connectivity index (χ0n) is 17.6. The van der Waals surface area contributed by atoms with Crippen molar-refractivity contribution in [3.05, 3.63) is 77.2 Å². The number of aryl methyl sites for hydroxylation is 1. The minimum Gasteiger partial charge on any atom is -0.345 e. The number of hydrogen-bond donors (Lipinski definition) is 1. The molecule has 0 aliphatic carbocycles. The zero-order valence-corrected chi connectivity index (χ0v) is 18.4. The zero-order chi connectivity index (χ0) is 23.1. The third kappa shape index (κ3) is 6.49. The van der Waals surface area contributed by atoms with Gasteiger partial charge in [-0.2, -0.15) is 10.4 Å². The van der Waals surface area contributed by atoms with Gasteiger partial charge in [0.15, 0.2) is 9.84 Å². The lowest BCUT2D eigenvalue weighted by Crippen LogP contribution is -2.33. The van der Waals surface area contributed by atoms with Crippen molar-refractivity contribution in [3.8, 4) is 17.3 Å². The summed E-state index contributed by atoms with van der Waals surface area (Å²) < 4.78 is 37.8. The topological polar surface area (TPSA) is 107 Å². The second kappa shape index (κ2) is 10.2. The molecule has 0 atom stereocenters. The number of carbonyl (C=O) groups excluding carboxylic acids is 1. The lowest BCUT2D eigenvalue weighted by Gasteiger charge is -2.17. The van der Waals surface area contributed by atoms with Crippen molar-refractivity contribution < 1.29 is 17.6 Å². The first kappa shape index (κ1) is 23.2. The lowest BCUT2D eigenvalue weighted by atomic mass is 10.1. The number of halogens is 1. The predicted molar refractivity (Wildman–Crippen MR) is 119 cm³/mol. The van der Waals surface area contributed by atoms with E-state index in [4.69, 9.17) is 5.26 Å². The van der Waals surface area contributed by atoms with Gasteiger partial charge in [0.1, 0.15) is 11.6 Å². The molecule has 0 fully saturated rings. The average molecular weight is 455 g/mol. The van der Waals surface area contributed by atoms with E-state index >= 15 is 0 Å². The molecule has 7 nitrogen and oxygen atoms in total. The summed E-state index contributed by atoms with van der Waals surface area (Å²) in [5.41, 5.74) is 3.37. The molecule has 0 spiro atoms. The van der Waals surface area contributed by atoms with Gasteiger partial charge in [0.05, 0.1) is 23.1 Å². The molecule has 1 aromatic heterocycles. The van der Waals surface area contributed by atoms with Crippen LogP contribution in [0, 0.1) is 17.1 Å². The average Bonchev–Trinajstić information content (AvgIpc) is 3.23. The summed E-state index contributed by atoms with van der Waals surface area (Å²) in [5.74, 6) is -1.59. The highest BCUT2D eigenvalue weighted by molar-refractivity contribution is 7.91. The Morgan fingerprint density at radius 1 is 1.16 bits per heavy atom. The quantitative estimate of drug-likeness (QED) is 0.535. The lowest BCUT2D eigenvalue weighted by molar-refractivity contribution is -0.127. The van der Waals surface area contributed by atoms with Gasteiger partial charge in [-0.25, -0.2) is 12.8 Å². The molecule has 0 saturated heterocycles. The van der Waals surface area contributed by atoms with Gasteiger partial charge in [-0.1, -0.05) is 12.1 Å². The van der Waals surface area contributed by atoms with Crippen LogP contribution in [-0.2, 0) is 26.8 Å². The Hall–Kier alpha value is -3.51. The molecule has 1 amide bonds. The summed E-state index contributed by atoms with van der Waals surface area (Å²) in [6.07, 6.45) is 1.26.